The number of aliphatic hydroxyl groups is 1. The lowest BCUT2D eigenvalue weighted by molar-refractivity contribution is -0.140. The second-order valence-corrected chi connectivity index (χ2v) is 8.44. The maximum Gasteiger partial charge on any atom is 0.243 e. The molecule has 0 aromatic heterocycles. The number of amides is 2. The van der Waals surface area contributed by atoms with Crippen molar-refractivity contribution in [1.29, 1.82) is 0 Å². The van der Waals surface area contributed by atoms with Gasteiger partial charge in [0.25, 0.3) is 0 Å². The topological polar surface area (TPSA) is 69.6 Å². The molecular weight excluding hydrogens is 316 g/mol. The zero-order valence-corrected chi connectivity index (χ0v) is 15.3. The van der Waals surface area contributed by atoms with Crippen molar-refractivity contribution in [2.24, 2.45) is 5.41 Å². The molecule has 136 valence electrons. The molecule has 3 rings (SSSR count). The Labute approximate surface area is 149 Å². The first-order valence-corrected chi connectivity index (χ1v) is 9.12. The van der Waals surface area contributed by atoms with E-state index in [4.69, 9.17) is 0 Å². The number of nitrogens with zero attached hydrogens (tertiary/aromatic N) is 1. The average Bonchev–Trinajstić information content (AvgIpc) is 3.11. The van der Waals surface area contributed by atoms with Crippen molar-refractivity contribution >= 4 is 11.8 Å². The third-order valence-electron chi connectivity index (χ3n) is 5.06. The first-order valence-electron chi connectivity index (χ1n) is 9.12. The molecule has 25 heavy (non-hydrogen) atoms. The normalized spacial score (nSPS) is 25.8. The Kier molecular flexibility index (Phi) is 4.87. The summed E-state index contributed by atoms with van der Waals surface area (Å²) in [5.74, 6) is -0.113. The Balaban J connectivity index is 1.69. The molecule has 1 aromatic carbocycles. The van der Waals surface area contributed by atoms with Crippen LogP contribution in [-0.4, -0.2) is 40.5 Å². The highest BCUT2D eigenvalue weighted by Crippen LogP contribution is 2.32. The number of nitrogens with one attached hydrogen (secondary N) is 1. The second kappa shape index (κ2) is 6.79. The molecule has 0 radical (unpaired) electrons. The van der Waals surface area contributed by atoms with Crippen LogP contribution in [0.1, 0.15) is 57.2 Å². The third kappa shape index (κ3) is 3.87. The molecule has 1 fully saturated rings. The summed E-state index contributed by atoms with van der Waals surface area (Å²) >= 11 is 0. The zero-order chi connectivity index (χ0) is 18.2. The number of hydrogen-bond acceptors (Lipinski definition) is 3. The molecule has 2 N–H and O–H groups in total. The van der Waals surface area contributed by atoms with Gasteiger partial charge in [0, 0.05) is 19.4 Å². The number of aliphatic hydroxyl groups excluding tert-OH is 1. The van der Waals surface area contributed by atoms with Crippen LogP contribution < -0.4 is 5.32 Å². The highest BCUT2D eigenvalue weighted by atomic mass is 16.3. The summed E-state index contributed by atoms with van der Waals surface area (Å²) in [5, 5.41) is 13.3. The van der Waals surface area contributed by atoms with Crippen molar-refractivity contribution in [3.8, 4) is 0 Å². The Morgan fingerprint density at radius 3 is 2.72 bits per heavy atom. The van der Waals surface area contributed by atoms with Crippen LogP contribution in [0, 0.1) is 5.41 Å². The van der Waals surface area contributed by atoms with Crippen LogP contribution in [0.4, 0.5) is 0 Å². The molecule has 1 heterocycles. The molecule has 3 atom stereocenters. The Morgan fingerprint density at radius 1 is 1.28 bits per heavy atom. The van der Waals surface area contributed by atoms with Gasteiger partial charge in [0.1, 0.15) is 6.04 Å². The van der Waals surface area contributed by atoms with Crippen molar-refractivity contribution in [3.63, 3.8) is 0 Å². The molecule has 2 aliphatic rings. The van der Waals surface area contributed by atoms with Crippen molar-refractivity contribution in [3.05, 3.63) is 35.4 Å². The number of carbonyl (C=O) groups excluding carboxylic acids is 2. The van der Waals surface area contributed by atoms with E-state index in [1.165, 1.54) is 0 Å². The SMILES string of the molecule is CC(C)(C)CC(=O)N1CCCC1C(=O)N[C@H]1c2ccccc2C[C@H]1O. The summed E-state index contributed by atoms with van der Waals surface area (Å²) in [4.78, 5) is 27.1. The van der Waals surface area contributed by atoms with Gasteiger partial charge in [-0.25, -0.2) is 0 Å². The molecule has 1 unspecified atom stereocenters. The molecule has 5 heteroatoms. The summed E-state index contributed by atoms with van der Waals surface area (Å²) in [6, 6.07) is 7.00. The molecular formula is C20H28N2O3. The van der Waals surface area contributed by atoms with Gasteiger partial charge in [0.15, 0.2) is 0 Å². The van der Waals surface area contributed by atoms with Crippen molar-refractivity contribution in [2.75, 3.05) is 6.54 Å². The number of hydrogen-bond donors (Lipinski definition) is 2. The van der Waals surface area contributed by atoms with E-state index in [1.54, 1.807) is 4.90 Å². The number of carbonyl (C=O) groups is 2. The fraction of sp³-hybridized carbons (Fsp3) is 0.600. The summed E-state index contributed by atoms with van der Waals surface area (Å²) < 4.78 is 0. The average molecular weight is 344 g/mol. The van der Waals surface area contributed by atoms with E-state index in [0.717, 1.165) is 17.5 Å². The van der Waals surface area contributed by atoms with Crippen LogP contribution >= 0.6 is 0 Å². The van der Waals surface area contributed by atoms with E-state index >= 15 is 0 Å². The van der Waals surface area contributed by atoms with Crippen LogP contribution in [0.25, 0.3) is 0 Å². The van der Waals surface area contributed by atoms with Crippen LogP contribution in [0.2, 0.25) is 0 Å². The number of benzene rings is 1. The van der Waals surface area contributed by atoms with E-state index in [0.29, 0.717) is 25.8 Å². The largest absolute Gasteiger partial charge is 0.390 e. The minimum Gasteiger partial charge on any atom is -0.390 e. The van der Waals surface area contributed by atoms with Gasteiger partial charge in [-0.05, 0) is 29.4 Å². The number of likely N-dealkylation sites (tertiary alicyclic amines) is 1. The van der Waals surface area contributed by atoms with Gasteiger partial charge in [0.2, 0.25) is 11.8 Å². The van der Waals surface area contributed by atoms with Gasteiger partial charge in [-0.3, -0.25) is 9.59 Å². The van der Waals surface area contributed by atoms with Crippen LogP contribution in [0.3, 0.4) is 0 Å². The monoisotopic (exact) mass is 344 g/mol. The van der Waals surface area contributed by atoms with Gasteiger partial charge < -0.3 is 15.3 Å². The first kappa shape index (κ1) is 17.9. The van der Waals surface area contributed by atoms with E-state index in [2.05, 4.69) is 5.32 Å². The molecule has 1 aliphatic carbocycles. The zero-order valence-electron chi connectivity index (χ0n) is 15.3. The van der Waals surface area contributed by atoms with E-state index in [1.807, 2.05) is 45.0 Å². The van der Waals surface area contributed by atoms with Crippen molar-refractivity contribution < 1.29 is 14.7 Å². The third-order valence-corrected chi connectivity index (χ3v) is 5.06. The van der Waals surface area contributed by atoms with E-state index in [9.17, 15) is 14.7 Å². The summed E-state index contributed by atoms with van der Waals surface area (Å²) in [5.41, 5.74) is 1.96. The maximum absolute atomic E-state index is 12.8. The molecule has 0 saturated carbocycles. The van der Waals surface area contributed by atoms with E-state index < -0.39 is 12.1 Å². The fourth-order valence-electron chi connectivity index (χ4n) is 3.89. The smallest absolute Gasteiger partial charge is 0.243 e. The van der Waals surface area contributed by atoms with Gasteiger partial charge in [-0.1, -0.05) is 45.0 Å². The number of fused-ring (bicyclic) bond motifs is 1. The summed E-state index contributed by atoms with van der Waals surface area (Å²) in [6.45, 7) is 6.72. The van der Waals surface area contributed by atoms with Gasteiger partial charge in [-0.2, -0.15) is 0 Å². The Morgan fingerprint density at radius 2 is 2.00 bits per heavy atom. The van der Waals surface area contributed by atoms with Crippen LogP contribution in [-0.2, 0) is 16.0 Å². The standard InChI is InChI=1S/C20H28N2O3/c1-20(2,3)12-17(24)22-10-6-9-15(22)19(25)21-18-14-8-5-4-7-13(14)11-16(18)23/h4-5,7-8,15-16,18,23H,6,9-12H2,1-3H3,(H,21,25)/t15?,16-,18+/m1/s1. The van der Waals surface area contributed by atoms with Crippen LogP contribution in [0.15, 0.2) is 24.3 Å². The van der Waals surface area contributed by atoms with Crippen LogP contribution in [0.5, 0.6) is 0 Å². The number of rotatable bonds is 3. The highest BCUT2D eigenvalue weighted by molar-refractivity contribution is 5.88. The van der Waals surface area contributed by atoms with Gasteiger partial charge >= 0.3 is 0 Å². The second-order valence-electron chi connectivity index (χ2n) is 8.44. The molecule has 0 bridgehead atoms. The maximum atomic E-state index is 12.8. The molecule has 0 spiro atoms. The predicted octanol–water partition coefficient (Wildman–Crippen LogP) is 2.19. The minimum atomic E-state index is -0.610. The minimum absolute atomic E-state index is 0.0394. The van der Waals surface area contributed by atoms with E-state index in [-0.39, 0.29) is 23.3 Å². The lowest BCUT2D eigenvalue weighted by Crippen LogP contribution is -2.48. The first-order chi connectivity index (χ1) is 11.8. The fourth-order valence-corrected chi connectivity index (χ4v) is 3.89. The van der Waals surface area contributed by atoms with Crippen molar-refractivity contribution in [1.82, 2.24) is 10.2 Å². The molecule has 1 saturated heterocycles. The molecule has 1 aromatic rings. The molecule has 1 aliphatic heterocycles. The lowest BCUT2D eigenvalue weighted by Gasteiger charge is -2.29. The van der Waals surface area contributed by atoms with Gasteiger partial charge in [0.05, 0.1) is 12.1 Å². The molecule has 5 nitrogen and oxygen atoms in total. The Hall–Kier alpha value is -1.88. The van der Waals surface area contributed by atoms with Gasteiger partial charge in [-0.15, -0.1) is 0 Å². The summed E-state index contributed by atoms with van der Waals surface area (Å²) in [7, 11) is 0. The Bertz CT molecular complexity index is 665. The lowest BCUT2D eigenvalue weighted by atomic mass is 9.91. The quantitative estimate of drug-likeness (QED) is 0.883. The highest BCUT2D eigenvalue weighted by Gasteiger charge is 2.38. The predicted molar refractivity (Wildman–Crippen MR) is 95.8 cm³/mol. The summed E-state index contributed by atoms with van der Waals surface area (Å²) in [6.07, 6.45) is 1.91. The molecule has 2 amide bonds. The van der Waals surface area contributed by atoms with Crippen molar-refractivity contribution in [2.45, 2.75) is 64.6 Å².